The van der Waals surface area contributed by atoms with Gasteiger partial charge in [-0.25, -0.2) is 0 Å². The number of hydrogen-bond donors (Lipinski definition) is 1. The first-order valence-electron chi connectivity index (χ1n) is 6.35. The molecule has 0 saturated carbocycles. The summed E-state index contributed by atoms with van der Waals surface area (Å²) in [5.41, 5.74) is 2.41. The number of nitro benzene ring substituents is 1. The molecule has 0 heterocycles. The molecule has 0 radical (unpaired) electrons. The Balaban J connectivity index is 2.31. The van der Waals surface area contributed by atoms with Crippen molar-refractivity contribution in [3.05, 3.63) is 67.1 Å². The summed E-state index contributed by atoms with van der Waals surface area (Å²) in [6.45, 7) is 3.69. The van der Waals surface area contributed by atoms with Gasteiger partial charge in [0.25, 0.3) is 5.69 Å². The van der Waals surface area contributed by atoms with Crippen molar-refractivity contribution < 1.29 is 4.92 Å². The highest BCUT2D eigenvalue weighted by Gasteiger charge is 2.16. The average molecular weight is 370 g/mol. The lowest BCUT2D eigenvalue weighted by Crippen LogP contribution is -2.07. The van der Waals surface area contributed by atoms with E-state index in [1.165, 1.54) is 0 Å². The summed E-state index contributed by atoms with van der Waals surface area (Å²) < 4.78 is 0.791. The Morgan fingerprint density at radius 3 is 2.67 bits per heavy atom. The van der Waals surface area contributed by atoms with Crippen LogP contribution in [-0.4, -0.2) is 4.92 Å². The Morgan fingerprint density at radius 2 is 2.05 bits per heavy atom. The summed E-state index contributed by atoms with van der Waals surface area (Å²) in [6.07, 6.45) is 0. The number of halogens is 2. The predicted molar refractivity (Wildman–Crippen MR) is 89.0 cm³/mol. The Bertz CT molecular complexity index is 691. The summed E-state index contributed by atoms with van der Waals surface area (Å²) in [4.78, 5) is 10.7. The molecule has 0 amide bonds. The van der Waals surface area contributed by atoms with Gasteiger partial charge in [-0.05, 0) is 53.5 Å². The summed E-state index contributed by atoms with van der Waals surface area (Å²) in [7, 11) is 0. The van der Waals surface area contributed by atoms with Gasteiger partial charge >= 0.3 is 0 Å². The predicted octanol–water partition coefficient (Wildman–Crippen LogP) is 5.49. The van der Waals surface area contributed by atoms with Crippen LogP contribution in [0.2, 0.25) is 5.02 Å². The van der Waals surface area contributed by atoms with Gasteiger partial charge in [0.2, 0.25) is 0 Å². The molecule has 2 aromatic rings. The van der Waals surface area contributed by atoms with Crippen molar-refractivity contribution >= 4 is 38.9 Å². The molecule has 1 unspecified atom stereocenters. The molecule has 0 spiro atoms. The fraction of sp³-hybridized carbons (Fsp3) is 0.200. The molecule has 2 rings (SSSR count). The van der Waals surface area contributed by atoms with Gasteiger partial charge in [0.15, 0.2) is 0 Å². The third-order valence-electron chi connectivity index (χ3n) is 3.20. The summed E-state index contributed by atoms with van der Waals surface area (Å²) in [6, 6.07) is 10.8. The summed E-state index contributed by atoms with van der Waals surface area (Å²) in [5, 5.41) is 15.0. The number of rotatable bonds is 4. The minimum Gasteiger partial charge on any atom is -0.377 e. The van der Waals surface area contributed by atoms with Crippen molar-refractivity contribution in [2.75, 3.05) is 5.32 Å². The minimum absolute atomic E-state index is 0.0256. The molecule has 4 nitrogen and oxygen atoms in total. The number of aryl methyl sites for hydroxylation is 1. The molecule has 0 aliphatic carbocycles. The van der Waals surface area contributed by atoms with Crippen LogP contribution in [0.4, 0.5) is 11.4 Å². The normalized spacial score (nSPS) is 12.0. The highest BCUT2D eigenvalue weighted by Crippen LogP contribution is 2.33. The number of nitro groups is 1. The van der Waals surface area contributed by atoms with Gasteiger partial charge in [0, 0.05) is 27.2 Å². The number of anilines is 1. The lowest BCUT2D eigenvalue weighted by molar-refractivity contribution is -0.385. The maximum atomic E-state index is 11.0. The van der Waals surface area contributed by atoms with Crippen molar-refractivity contribution in [1.82, 2.24) is 0 Å². The molecular weight excluding hydrogens is 356 g/mol. The second-order valence-electron chi connectivity index (χ2n) is 4.80. The van der Waals surface area contributed by atoms with Gasteiger partial charge in [-0.1, -0.05) is 23.7 Å². The molecule has 110 valence electrons. The zero-order valence-electron chi connectivity index (χ0n) is 11.6. The summed E-state index contributed by atoms with van der Waals surface area (Å²) in [5.74, 6) is 0. The van der Waals surface area contributed by atoms with E-state index in [0.717, 1.165) is 10.0 Å². The number of nitrogens with one attached hydrogen (secondary N) is 1. The topological polar surface area (TPSA) is 55.2 Å². The van der Waals surface area contributed by atoms with Crippen molar-refractivity contribution in [3.8, 4) is 0 Å². The van der Waals surface area contributed by atoms with Crippen LogP contribution in [0.15, 0.2) is 40.9 Å². The molecule has 0 saturated heterocycles. The van der Waals surface area contributed by atoms with Crippen LogP contribution in [0, 0.1) is 17.0 Å². The van der Waals surface area contributed by atoms with Crippen LogP contribution in [-0.2, 0) is 0 Å². The maximum Gasteiger partial charge on any atom is 0.274 e. The van der Waals surface area contributed by atoms with E-state index in [-0.39, 0.29) is 16.7 Å². The lowest BCUT2D eigenvalue weighted by atomic mass is 10.1. The van der Waals surface area contributed by atoms with E-state index in [0.29, 0.717) is 16.3 Å². The maximum absolute atomic E-state index is 11.0. The molecule has 1 N–H and O–H groups in total. The van der Waals surface area contributed by atoms with Crippen LogP contribution in [0.1, 0.15) is 24.1 Å². The van der Waals surface area contributed by atoms with Crippen LogP contribution in [0.5, 0.6) is 0 Å². The fourth-order valence-corrected chi connectivity index (χ4v) is 2.83. The Hall–Kier alpha value is -1.59. The smallest absolute Gasteiger partial charge is 0.274 e. The monoisotopic (exact) mass is 368 g/mol. The van der Waals surface area contributed by atoms with Gasteiger partial charge in [0.1, 0.15) is 0 Å². The standard InChI is InChI=1S/C15H14BrClN2O2/c1-9-6-13(16)14(8-15(9)19(20)21)18-10(2)11-4-3-5-12(17)7-11/h3-8,10,18H,1-2H3. The quantitative estimate of drug-likeness (QED) is 0.572. The van der Waals surface area contributed by atoms with Crippen LogP contribution >= 0.6 is 27.5 Å². The van der Waals surface area contributed by atoms with Gasteiger partial charge in [-0.2, -0.15) is 0 Å². The number of hydrogen-bond acceptors (Lipinski definition) is 3. The molecule has 0 aromatic heterocycles. The van der Waals surface area contributed by atoms with Gasteiger partial charge < -0.3 is 5.32 Å². The Morgan fingerprint density at radius 1 is 1.33 bits per heavy atom. The summed E-state index contributed by atoms with van der Waals surface area (Å²) >= 11 is 9.42. The van der Waals surface area contributed by atoms with E-state index in [4.69, 9.17) is 11.6 Å². The molecule has 0 aliphatic heterocycles. The SMILES string of the molecule is Cc1cc(Br)c(NC(C)c2cccc(Cl)c2)cc1[N+](=O)[O-]. The van der Waals surface area contributed by atoms with E-state index < -0.39 is 0 Å². The minimum atomic E-state index is -0.378. The third-order valence-corrected chi connectivity index (χ3v) is 4.09. The second kappa shape index (κ2) is 6.45. The van der Waals surface area contributed by atoms with Crippen LogP contribution < -0.4 is 5.32 Å². The Kier molecular flexibility index (Phi) is 4.85. The second-order valence-corrected chi connectivity index (χ2v) is 6.09. The molecule has 0 fully saturated rings. The number of nitrogens with zero attached hydrogens (tertiary/aromatic N) is 1. The molecule has 2 aromatic carbocycles. The molecule has 0 aliphatic rings. The zero-order chi connectivity index (χ0) is 15.6. The first-order chi connectivity index (χ1) is 9.88. The first kappa shape index (κ1) is 15.8. The first-order valence-corrected chi connectivity index (χ1v) is 7.52. The Labute approximate surface area is 136 Å². The van der Waals surface area contributed by atoms with Crippen molar-refractivity contribution in [3.63, 3.8) is 0 Å². The largest absolute Gasteiger partial charge is 0.377 e. The van der Waals surface area contributed by atoms with E-state index >= 15 is 0 Å². The van der Waals surface area contributed by atoms with E-state index in [1.807, 2.05) is 31.2 Å². The lowest BCUT2D eigenvalue weighted by Gasteiger charge is -2.17. The molecule has 0 bridgehead atoms. The van der Waals surface area contributed by atoms with E-state index in [9.17, 15) is 10.1 Å². The van der Waals surface area contributed by atoms with Crippen molar-refractivity contribution in [2.45, 2.75) is 19.9 Å². The average Bonchev–Trinajstić information content (AvgIpc) is 2.41. The third kappa shape index (κ3) is 3.74. The highest BCUT2D eigenvalue weighted by atomic mass is 79.9. The fourth-order valence-electron chi connectivity index (χ4n) is 2.06. The molecule has 21 heavy (non-hydrogen) atoms. The van der Waals surface area contributed by atoms with Gasteiger partial charge in [-0.15, -0.1) is 0 Å². The molecule has 6 heteroatoms. The zero-order valence-corrected chi connectivity index (χ0v) is 13.9. The molecule has 1 atom stereocenters. The van der Waals surface area contributed by atoms with E-state index in [1.54, 1.807) is 19.1 Å². The van der Waals surface area contributed by atoms with Crippen LogP contribution in [0.3, 0.4) is 0 Å². The van der Waals surface area contributed by atoms with Crippen molar-refractivity contribution in [1.29, 1.82) is 0 Å². The highest BCUT2D eigenvalue weighted by molar-refractivity contribution is 9.10. The molecular formula is C15H14BrClN2O2. The van der Waals surface area contributed by atoms with Crippen molar-refractivity contribution in [2.24, 2.45) is 0 Å². The van der Waals surface area contributed by atoms with Crippen LogP contribution in [0.25, 0.3) is 0 Å². The number of benzene rings is 2. The van der Waals surface area contributed by atoms with Gasteiger partial charge in [-0.3, -0.25) is 10.1 Å². The van der Waals surface area contributed by atoms with Gasteiger partial charge in [0.05, 0.1) is 10.6 Å². The van der Waals surface area contributed by atoms with E-state index in [2.05, 4.69) is 21.2 Å².